The van der Waals surface area contributed by atoms with Crippen molar-refractivity contribution in [1.82, 2.24) is 21.3 Å². The predicted molar refractivity (Wildman–Crippen MR) is 128 cm³/mol. The quantitative estimate of drug-likeness (QED) is 0.450. The maximum absolute atomic E-state index is 15.7. The molecule has 36 heavy (non-hydrogen) atoms. The molecule has 7 nitrogen and oxygen atoms in total. The zero-order valence-corrected chi connectivity index (χ0v) is 20.1. The van der Waals surface area contributed by atoms with E-state index in [4.69, 9.17) is 0 Å². The van der Waals surface area contributed by atoms with Gasteiger partial charge in [-0.1, -0.05) is 6.92 Å². The third-order valence-corrected chi connectivity index (χ3v) is 6.91. The van der Waals surface area contributed by atoms with E-state index in [1.165, 1.54) is 26.0 Å². The molecule has 190 valence electrons. The molecule has 0 spiro atoms. The number of hydrogen-bond donors (Lipinski definition) is 4. The molecule has 2 saturated heterocycles. The maximum atomic E-state index is 15.7. The summed E-state index contributed by atoms with van der Waals surface area (Å²) in [7, 11) is 0. The Kier molecular flexibility index (Phi) is 7.85. The van der Waals surface area contributed by atoms with Gasteiger partial charge in [-0.3, -0.25) is 9.59 Å². The molecule has 0 radical (unpaired) electrons. The van der Waals surface area contributed by atoms with Crippen LogP contribution in [-0.2, 0) is 0 Å². The van der Waals surface area contributed by atoms with Crippen LogP contribution in [-0.4, -0.2) is 62.9 Å². The monoisotopic (exact) mass is 499 g/mol. The van der Waals surface area contributed by atoms with Crippen LogP contribution in [0.25, 0.3) is 0 Å². The predicted octanol–water partition coefficient (Wildman–Crippen LogP) is 1.92. The van der Waals surface area contributed by atoms with Crippen LogP contribution in [0.5, 0.6) is 0 Å². The zero-order valence-electron chi connectivity index (χ0n) is 20.1. The molecule has 10 heteroatoms. The van der Waals surface area contributed by atoms with E-state index in [0.29, 0.717) is 39.3 Å². The second-order valence-electron chi connectivity index (χ2n) is 9.13. The van der Waals surface area contributed by atoms with Gasteiger partial charge in [0.25, 0.3) is 0 Å². The molecule has 3 unspecified atom stereocenters. The van der Waals surface area contributed by atoms with E-state index in [-0.39, 0.29) is 33.4 Å². The largest absolute Gasteiger partial charge is 0.313 e. The summed E-state index contributed by atoms with van der Waals surface area (Å²) in [5.74, 6) is -5.13. The summed E-state index contributed by atoms with van der Waals surface area (Å²) in [5, 5.41) is 21.9. The Hall–Kier alpha value is -3.10. The zero-order chi connectivity index (χ0) is 26.0. The molecule has 0 amide bonds. The van der Waals surface area contributed by atoms with Crippen molar-refractivity contribution in [2.24, 2.45) is 0 Å². The van der Waals surface area contributed by atoms with Crippen molar-refractivity contribution in [3.8, 4) is 6.07 Å². The standard InChI is InChI=1S/C26H28F3N5O2/c1-13(21-15(10-30)3-4-18(27)24(21)29)16-9-17(25(35)19-11-31-5-7-33-19)23(28)14(2)22(16)26(36)20-12-32-6-8-34-20/h3-4,9,13,19-20,31-34H,5-8,11-12H2,1-2H3. The lowest BCUT2D eigenvalue weighted by Gasteiger charge is -2.28. The molecule has 0 bridgehead atoms. The normalized spacial score (nSPS) is 21.0. The number of piperazine rings is 2. The molecule has 3 atom stereocenters. The Balaban J connectivity index is 1.91. The van der Waals surface area contributed by atoms with Gasteiger partial charge in [-0.25, -0.2) is 13.2 Å². The van der Waals surface area contributed by atoms with Crippen LogP contribution in [0, 0.1) is 35.7 Å². The van der Waals surface area contributed by atoms with Crippen molar-refractivity contribution in [3.05, 3.63) is 69.0 Å². The fraction of sp³-hybridized carbons (Fsp3) is 0.423. The van der Waals surface area contributed by atoms with E-state index < -0.39 is 47.0 Å². The Labute approximate surface area is 207 Å². The molecule has 4 rings (SSSR count). The average molecular weight is 500 g/mol. The van der Waals surface area contributed by atoms with Crippen molar-refractivity contribution < 1.29 is 22.8 Å². The summed E-state index contributed by atoms with van der Waals surface area (Å²) in [5.41, 5.74) is -0.468. The van der Waals surface area contributed by atoms with Gasteiger partial charge in [-0.2, -0.15) is 5.26 Å². The minimum Gasteiger partial charge on any atom is -0.313 e. The lowest BCUT2D eigenvalue weighted by molar-refractivity contribution is 0.0917. The SMILES string of the molecule is Cc1c(F)c(C(=O)C2CNCCN2)cc(C(C)c2c(C#N)ccc(F)c2F)c1C(=O)C1CNCCN1. The van der Waals surface area contributed by atoms with Crippen LogP contribution >= 0.6 is 0 Å². The van der Waals surface area contributed by atoms with Gasteiger partial charge in [-0.15, -0.1) is 0 Å². The summed E-state index contributed by atoms with van der Waals surface area (Å²) in [6, 6.07) is 3.82. The number of nitrogens with one attached hydrogen (secondary N) is 4. The van der Waals surface area contributed by atoms with Crippen LogP contribution in [0.4, 0.5) is 13.2 Å². The van der Waals surface area contributed by atoms with Gasteiger partial charge in [0.2, 0.25) is 0 Å². The second kappa shape index (κ2) is 10.9. The highest BCUT2D eigenvalue weighted by Crippen LogP contribution is 2.36. The van der Waals surface area contributed by atoms with Crippen molar-refractivity contribution in [3.63, 3.8) is 0 Å². The first-order valence-corrected chi connectivity index (χ1v) is 11.9. The third kappa shape index (κ3) is 4.80. The number of ketones is 2. The van der Waals surface area contributed by atoms with Crippen molar-refractivity contribution in [2.45, 2.75) is 31.8 Å². The van der Waals surface area contributed by atoms with Crippen molar-refractivity contribution in [1.29, 1.82) is 5.26 Å². The Morgan fingerprint density at radius 3 is 2.14 bits per heavy atom. The molecule has 2 aromatic rings. The summed E-state index contributed by atoms with van der Waals surface area (Å²) in [6.07, 6.45) is 0. The summed E-state index contributed by atoms with van der Waals surface area (Å²) < 4.78 is 44.9. The van der Waals surface area contributed by atoms with Crippen LogP contribution in [0.1, 0.15) is 55.8 Å². The number of hydrogen-bond acceptors (Lipinski definition) is 7. The van der Waals surface area contributed by atoms with Crippen molar-refractivity contribution >= 4 is 11.6 Å². The van der Waals surface area contributed by atoms with E-state index in [2.05, 4.69) is 21.3 Å². The van der Waals surface area contributed by atoms with E-state index in [1.807, 2.05) is 6.07 Å². The Morgan fingerprint density at radius 2 is 1.58 bits per heavy atom. The van der Waals surface area contributed by atoms with Gasteiger partial charge < -0.3 is 21.3 Å². The van der Waals surface area contributed by atoms with Gasteiger partial charge >= 0.3 is 0 Å². The number of halogens is 3. The highest BCUT2D eigenvalue weighted by Gasteiger charge is 2.34. The molecular formula is C26H28F3N5O2. The first-order valence-electron chi connectivity index (χ1n) is 11.9. The number of benzene rings is 2. The van der Waals surface area contributed by atoms with E-state index in [1.54, 1.807) is 0 Å². The number of carbonyl (C=O) groups excluding carboxylic acids is 2. The minimum absolute atomic E-state index is 0.0000272. The highest BCUT2D eigenvalue weighted by atomic mass is 19.2. The first-order chi connectivity index (χ1) is 17.3. The summed E-state index contributed by atoms with van der Waals surface area (Å²) in [6.45, 7) is 5.92. The molecule has 2 fully saturated rings. The number of nitrogens with zero attached hydrogens (tertiary/aromatic N) is 1. The van der Waals surface area contributed by atoms with E-state index >= 15 is 8.78 Å². The number of nitriles is 1. The number of carbonyl (C=O) groups is 2. The van der Waals surface area contributed by atoms with E-state index in [9.17, 15) is 19.2 Å². The van der Waals surface area contributed by atoms with Crippen LogP contribution < -0.4 is 21.3 Å². The topological polar surface area (TPSA) is 106 Å². The fourth-order valence-corrected chi connectivity index (χ4v) is 4.95. The third-order valence-electron chi connectivity index (χ3n) is 6.91. The van der Waals surface area contributed by atoms with Crippen molar-refractivity contribution in [2.75, 3.05) is 39.3 Å². The van der Waals surface area contributed by atoms with Crippen LogP contribution in [0.3, 0.4) is 0 Å². The molecule has 2 aliphatic rings. The molecule has 2 heterocycles. The molecule has 0 aliphatic carbocycles. The van der Waals surface area contributed by atoms with Crippen LogP contribution in [0.2, 0.25) is 0 Å². The van der Waals surface area contributed by atoms with Gasteiger partial charge in [0.05, 0.1) is 29.3 Å². The molecular weight excluding hydrogens is 471 g/mol. The second-order valence-corrected chi connectivity index (χ2v) is 9.13. The molecule has 0 saturated carbocycles. The first kappa shape index (κ1) is 26.0. The number of Topliss-reactive ketones (excluding diaryl/α,β-unsaturated/α-hetero) is 2. The summed E-state index contributed by atoms with van der Waals surface area (Å²) >= 11 is 0. The lowest BCUT2D eigenvalue weighted by atomic mass is 9.80. The van der Waals surface area contributed by atoms with Gasteiger partial charge in [0, 0.05) is 56.3 Å². The molecule has 0 aromatic heterocycles. The smallest absolute Gasteiger partial charge is 0.183 e. The Morgan fingerprint density at radius 1 is 0.972 bits per heavy atom. The van der Waals surface area contributed by atoms with Gasteiger partial charge in [0.15, 0.2) is 23.2 Å². The summed E-state index contributed by atoms with van der Waals surface area (Å²) in [4.78, 5) is 26.9. The highest BCUT2D eigenvalue weighted by molar-refractivity contribution is 6.06. The minimum atomic E-state index is -1.22. The number of rotatable bonds is 6. The maximum Gasteiger partial charge on any atom is 0.183 e. The molecule has 2 aliphatic heterocycles. The Bertz CT molecular complexity index is 1230. The van der Waals surface area contributed by atoms with Gasteiger partial charge in [-0.05, 0) is 36.2 Å². The van der Waals surface area contributed by atoms with Gasteiger partial charge in [0.1, 0.15) is 5.82 Å². The lowest BCUT2D eigenvalue weighted by Crippen LogP contribution is -2.53. The van der Waals surface area contributed by atoms with E-state index in [0.717, 1.165) is 6.07 Å². The molecule has 4 N–H and O–H groups in total. The van der Waals surface area contributed by atoms with Crippen LogP contribution in [0.15, 0.2) is 18.2 Å². The fourth-order valence-electron chi connectivity index (χ4n) is 4.95. The molecule has 2 aromatic carbocycles. The average Bonchev–Trinajstić information content (AvgIpc) is 2.91.